The highest BCUT2D eigenvalue weighted by atomic mass is 16.4. The van der Waals surface area contributed by atoms with E-state index < -0.39 is 5.97 Å². The van der Waals surface area contributed by atoms with Crippen molar-refractivity contribution in [2.75, 3.05) is 0 Å². The van der Waals surface area contributed by atoms with E-state index in [0.717, 1.165) is 17.9 Å². The van der Waals surface area contributed by atoms with Gasteiger partial charge >= 0.3 is 5.97 Å². The predicted octanol–water partition coefficient (Wildman–Crippen LogP) is 3.73. The summed E-state index contributed by atoms with van der Waals surface area (Å²) in [4.78, 5) is 15.8. The molecule has 4 nitrogen and oxygen atoms in total. The maximum Gasteiger partial charge on any atom is 0.337 e. The van der Waals surface area contributed by atoms with Crippen LogP contribution in [0, 0.1) is 23.7 Å². The number of aromatic nitrogens is 2. The van der Waals surface area contributed by atoms with E-state index in [1.165, 1.54) is 0 Å². The molecule has 1 aliphatic rings. The van der Waals surface area contributed by atoms with Crippen molar-refractivity contribution in [2.24, 2.45) is 16.7 Å². The third kappa shape index (κ3) is 1.81. The minimum absolute atomic E-state index is 0.281. The molecule has 2 aromatic rings. The van der Waals surface area contributed by atoms with Crippen molar-refractivity contribution in [3.63, 3.8) is 0 Å². The van der Waals surface area contributed by atoms with Gasteiger partial charge in [-0.05, 0) is 35.8 Å². The SMILES string of the molecule is Cc1nc2c(C(=O)O)cccc2n1CC1C(C)(C)C1(C)C. The first-order valence-corrected chi connectivity index (χ1v) is 7.37. The Balaban J connectivity index is 2.07. The molecular formula is C17H22N2O2. The van der Waals surface area contributed by atoms with Crippen molar-refractivity contribution in [1.82, 2.24) is 9.55 Å². The largest absolute Gasteiger partial charge is 0.478 e. The van der Waals surface area contributed by atoms with Crippen LogP contribution in [0.5, 0.6) is 0 Å². The number of benzene rings is 1. The third-order valence-corrected chi connectivity index (χ3v) is 5.88. The Morgan fingerprint density at radius 3 is 2.43 bits per heavy atom. The van der Waals surface area contributed by atoms with Gasteiger partial charge in [0.25, 0.3) is 0 Å². The van der Waals surface area contributed by atoms with Gasteiger partial charge in [-0.1, -0.05) is 33.8 Å². The fourth-order valence-corrected chi connectivity index (χ4v) is 3.64. The zero-order valence-electron chi connectivity index (χ0n) is 13.3. The van der Waals surface area contributed by atoms with Gasteiger partial charge in [-0.3, -0.25) is 0 Å². The minimum Gasteiger partial charge on any atom is -0.478 e. The van der Waals surface area contributed by atoms with Gasteiger partial charge in [0.05, 0.1) is 11.1 Å². The topological polar surface area (TPSA) is 55.1 Å². The highest BCUT2D eigenvalue weighted by molar-refractivity contribution is 6.01. The molecular weight excluding hydrogens is 264 g/mol. The molecule has 1 N–H and O–H groups in total. The van der Waals surface area contributed by atoms with Crippen molar-refractivity contribution in [1.29, 1.82) is 0 Å². The molecule has 1 aromatic carbocycles. The van der Waals surface area contributed by atoms with Crippen LogP contribution in [0.15, 0.2) is 18.2 Å². The second kappa shape index (κ2) is 4.09. The van der Waals surface area contributed by atoms with E-state index >= 15 is 0 Å². The average molecular weight is 286 g/mol. The lowest BCUT2D eigenvalue weighted by atomic mass is 10.0. The number of rotatable bonds is 3. The lowest BCUT2D eigenvalue weighted by Crippen LogP contribution is -2.06. The van der Waals surface area contributed by atoms with Crippen LogP contribution < -0.4 is 0 Å². The van der Waals surface area contributed by atoms with Gasteiger partial charge in [0.1, 0.15) is 11.3 Å². The summed E-state index contributed by atoms with van der Waals surface area (Å²) >= 11 is 0. The molecule has 0 bridgehead atoms. The lowest BCUT2D eigenvalue weighted by molar-refractivity contribution is 0.0699. The maximum atomic E-state index is 11.3. The Bertz CT molecular complexity index is 727. The summed E-state index contributed by atoms with van der Waals surface area (Å²) in [6.45, 7) is 12.0. The number of carbonyl (C=O) groups is 1. The second-order valence-electron chi connectivity index (χ2n) is 7.24. The minimum atomic E-state index is -0.919. The molecule has 3 rings (SSSR count). The number of aryl methyl sites for hydroxylation is 1. The fraction of sp³-hybridized carbons (Fsp3) is 0.529. The molecule has 0 unspecified atom stereocenters. The molecule has 0 atom stereocenters. The van der Waals surface area contributed by atoms with Crippen LogP contribution in [0.3, 0.4) is 0 Å². The molecule has 1 saturated carbocycles. The Morgan fingerprint density at radius 2 is 1.90 bits per heavy atom. The van der Waals surface area contributed by atoms with Gasteiger partial charge in [-0.25, -0.2) is 9.78 Å². The Morgan fingerprint density at radius 1 is 1.29 bits per heavy atom. The molecule has 0 aliphatic heterocycles. The van der Waals surface area contributed by atoms with Gasteiger partial charge in [-0.15, -0.1) is 0 Å². The number of fused-ring (bicyclic) bond motifs is 1. The van der Waals surface area contributed by atoms with Crippen LogP contribution in [-0.2, 0) is 6.54 Å². The number of carboxylic acids is 1. The summed E-state index contributed by atoms with van der Waals surface area (Å²) in [5, 5.41) is 9.29. The Hall–Kier alpha value is -1.84. The maximum absolute atomic E-state index is 11.3. The number of imidazole rings is 1. The van der Waals surface area contributed by atoms with E-state index in [9.17, 15) is 9.90 Å². The van der Waals surface area contributed by atoms with Gasteiger partial charge in [0.15, 0.2) is 0 Å². The second-order valence-corrected chi connectivity index (χ2v) is 7.24. The van der Waals surface area contributed by atoms with E-state index in [4.69, 9.17) is 0 Å². The van der Waals surface area contributed by atoms with Crippen molar-refractivity contribution < 1.29 is 9.90 Å². The zero-order chi connectivity index (χ0) is 15.6. The zero-order valence-corrected chi connectivity index (χ0v) is 13.3. The van der Waals surface area contributed by atoms with Crippen LogP contribution in [0.4, 0.5) is 0 Å². The molecule has 1 aliphatic carbocycles. The molecule has 1 heterocycles. The van der Waals surface area contributed by atoms with E-state index in [1.54, 1.807) is 12.1 Å². The summed E-state index contributed by atoms with van der Waals surface area (Å²) in [5.74, 6) is 0.545. The molecule has 21 heavy (non-hydrogen) atoms. The highest BCUT2D eigenvalue weighted by Gasteiger charge is 2.64. The Kier molecular flexibility index (Phi) is 2.75. The Labute approximate surface area is 124 Å². The first kappa shape index (κ1) is 14.1. The van der Waals surface area contributed by atoms with Crippen molar-refractivity contribution in [2.45, 2.75) is 41.2 Å². The van der Waals surface area contributed by atoms with Crippen molar-refractivity contribution in [3.05, 3.63) is 29.6 Å². The van der Waals surface area contributed by atoms with E-state index in [-0.39, 0.29) is 5.56 Å². The van der Waals surface area contributed by atoms with E-state index in [1.807, 2.05) is 13.0 Å². The summed E-state index contributed by atoms with van der Waals surface area (Å²) in [5.41, 5.74) is 2.41. The number of hydrogen-bond acceptors (Lipinski definition) is 2. The van der Waals surface area contributed by atoms with Crippen LogP contribution in [0.1, 0.15) is 43.9 Å². The quantitative estimate of drug-likeness (QED) is 0.935. The highest BCUT2D eigenvalue weighted by Crippen LogP contribution is 2.69. The summed E-state index contributed by atoms with van der Waals surface area (Å²) in [6.07, 6.45) is 0. The average Bonchev–Trinajstić information content (AvgIpc) is 2.67. The molecule has 1 aromatic heterocycles. The summed E-state index contributed by atoms with van der Waals surface area (Å²) < 4.78 is 2.17. The normalized spacial score (nSPS) is 19.9. The first-order chi connectivity index (χ1) is 9.68. The van der Waals surface area contributed by atoms with Crippen molar-refractivity contribution in [3.8, 4) is 0 Å². The van der Waals surface area contributed by atoms with Crippen molar-refractivity contribution >= 4 is 17.0 Å². The monoisotopic (exact) mass is 286 g/mol. The van der Waals surface area contributed by atoms with Crippen LogP contribution >= 0.6 is 0 Å². The van der Waals surface area contributed by atoms with Crippen LogP contribution in [0.25, 0.3) is 11.0 Å². The molecule has 0 radical (unpaired) electrons. The molecule has 4 heteroatoms. The van der Waals surface area contributed by atoms with Gasteiger partial charge < -0.3 is 9.67 Å². The number of aromatic carboxylic acids is 1. The fourth-order valence-electron chi connectivity index (χ4n) is 3.64. The van der Waals surface area contributed by atoms with Gasteiger partial charge in [-0.2, -0.15) is 0 Å². The summed E-state index contributed by atoms with van der Waals surface area (Å²) in [7, 11) is 0. The molecule has 0 spiro atoms. The standard InChI is InChI=1S/C17H22N2O2/c1-10-18-14-11(15(20)21)7-6-8-12(14)19(10)9-13-16(2,3)17(13,4)5/h6-8,13H,9H2,1-5H3,(H,20,21). The van der Waals surface area contributed by atoms with Gasteiger partial charge in [0.2, 0.25) is 0 Å². The molecule has 1 fully saturated rings. The van der Waals surface area contributed by atoms with Crippen LogP contribution in [-0.4, -0.2) is 20.6 Å². The lowest BCUT2D eigenvalue weighted by Gasteiger charge is -2.08. The molecule has 0 saturated heterocycles. The first-order valence-electron chi connectivity index (χ1n) is 7.37. The van der Waals surface area contributed by atoms with Crippen LogP contribution in [0.2, 0.25) is 0 Å². The van der Waals surface area contributed by atoms with Gasteiger partial charge in [0, 0.05) is 6.54 Å². The number of carboxylic acid groups (broad SMARTS) is 1. The number of nitrogens with zero attached hydrogens (tertiary/aromatic N) is 2. The smallest absolute Gasteiger partial charge is 0.337 e. The number of hydrogen-bond donors (Lipinski definition) is 1. The third-order valence-electron chi connectivity index (χ3n) is 5.88. The number of para-hydroxylation sites is 1. The molecule has 0 amide bonds. The van der Waals surface area contributed by atoms with E-state index in [0.29, 0.717) is 22.3 Å². The van der Waals surface area contributed by atoms with E-state index in [2.05, 4.69) is 37.2 Å². The predicted molar refractivity (Wildman–Crippen MR) is 82.5 cm³/mol. The molecule has 112 valence electrons. The summed E-state index contributed by atoms with van der Waals surface area (Å²) in [6, 6.07) is 5.38.